The molecule has 0 amide bonds. The van der Waals surface area contributed by atoms with Gasteiger partial charge in [-0.25, -0.2) is 9.78 Å². The lowest BCUT2D eigenvalue weighted by molar-refractivity contribution is 0.0699. The van der Waals surface area contributed by atoms with Crippen molar-refractivity contribution in [3.05, 3.63) is 82.2 Å². The fourth-order valence-electron chi connectivity index (χ4n) is 4.33. The Morgan fingerprint density at radius 2 is 1.94 bits per heavy atom. The van der Waals surface area contributed by atoms with Crippen molar-refractivity contribution >= 4 is 22.7 Å². The molecule has 2 N–H and O–H groups in total. The van der Waals surface area contributed by atoms with Crippen molar-refractivity contribution in [3.63, 3.8) is 0 Å². The fourth-order valence-corrected chi connectivity index (χ4v) is 4.33. The number of nitrogens with zero attached hydrogens (tertiary/aromatic N) is 3. The summed E-state index contributed by atoms with van der Waals surface area (Å²) >= 11 is 0. The molecule has 0 saturated heterocycles. The van der Waals surface area contributed by atoms with Gasteiger partial charge in [-0.1, -0.05) is 36.4 Å². The van der Waals surface area contributed by atoms with E-state index >= 15 is 0 Å². The van der Waals surface area contributed by atoms with Gasteiger partial charge in [0.25, 0.3) is 0 Å². The van der Waals surface area contributed by atoms with Crippen molar-refractivity contribution in [3.8, 4) is 5.95 Å². The average Bonchev–Trinajstić information content (AvgIpc) is 3.08. The summed E-state index contributed by atoms with van der Waals surface area (Å²) in [5.41, 5.74) is 6.02. The van der Waals surface area contributed by atoms with Crippen LogP contribution in [0.4, 0.5) is 5.82 Å². The highest BCUT2D eigenvalue weighted by atomic mass is 16.5. The van der Waals surface area contributed by atoms with Crippen LogP contribution in [0, 0.1) is 13.8 Å². The Morgan fingerprint density at radius 3 is 2.72 bits per heavy atom. The van der Waals surface area contributed by atoms with Crippen LogP contribution in [-0.2, 0) is 24.3 Å². The highest BCUT2D eigenvalue weighted by Crippen LogP contribution is 2.32. The van der Waals surface area contributed by atoms with E-state index in [0.29, 0.717) is 32.1 Å². The topological polar surface area (TPSA) is 89.3 Å². The second-order valence-electron chi connectivity index (χ2n) is 7.99. The highest BCUT2D eigenvalue weighted by molar-refractivity contribution is 6.05. The van der Waals surface area contributed by atoms with Gasteiger partial charge in [0.15, 0.2) is 0 Å². The van der Waals surface area contributed by atoms with E-state index in [9.17, 15) is 9.90 Å². The molecule has 3 heterocycles. The van der Waals surface area contributed by atoms with Crippen LogP contribution in [0.2, 0.25) is 0 Å². The van der Waals surface area contributed by atoms with Crippen LogP contribution >= 0.6 is 0 Å². The van der Waals surface area contributed by atoms with Crippen molar-refractivity contribution in [1.82, 2.24) is 14.5 Å². The zero-order chi connectivity index (χ0) is 22.2. The molecule has 7 nitrogen and oxygen atoms in total. The third kappa shape index (κ3) is 3.40. The molecule has 2 aromatic heterocycles. The van der Waals surface area contributed by atoms with Crippen LogP contribution in [-0.4, -0.2) is 32.2 Å². The van der Waals surface area contributed by atoms with E-state index in [1.807, 2.05) is 42.7 Å². The maximum atomic E-state index is 11.8. The first kappa shape index (κ1) is 20.2. The Balaban J connectivity index is 1.66. The molecule has 5 rings (SSSR count). The van der Waals surface area contributed by atoms with E-state index in [2.05, 4.69) is 17.4 Å². The zero-order valence-electron chi connectivity index (χ0n) is 18.1. The molecular formula is C25H24N4O3. The standard InChI is InChI=1S/C25H24N4O3/c1-15-16(2)29(21-10-6-9-18(22(15)21)24(30)31)25-27-20-11-12-32-14-19(20)23(28-25)26-13-17-7-4-3-5-8-17/h3-10H,11-14H2,1-2H3,(H,30,31)(H,26,27,28). The number of aromatic nitrogens is 3. The molecule has 0 unspecified atom stereocenters. The fraction of sp³-hybridized carbons (Fsp3) is 0.240. The van der Waals surface area contributed by atoms with Gasteiger partial charge in [-0.15, -0.1) is 0 Å². The summed E-state index contributed by atoms with van der Waals surface area (Å²) in [6, 6.07) is 15.5. The smallest absolute Gasteiger partial charge is 0.336 e. The first-order chi connectivity index (χ1) is 15.5. The Labute approximate surface area is 185 Å². The summed E-state index contributed by atoms with van der Waals surface area (Å²) < 4.78 is 7.64. The normalized spacial score (nSPS) is 13.2. The number of anilines is 1. The van der Waals surface area contributed by atoms with Crippen molar-refractivity contribution in [2.75, 3.05) is 11.9 Å². The van der Waals surface area contributed by atoms with Crippen LogP contribution in [0.1, 0.15) is 38.4 Å². The molecule has 0 aliphatic carbocycles. The summed E-state index contributed by atoms with van der Waals surface area (Å²) in [6.07, 6.45) is 0.711. The number of carboxylic acid groups (broad SMARTS) is 1. The lowest BCUT2D eigenvalue weighted by atomic mass is 10.1. The molecule has 1 aliphatic rings. The molecule has 0 atom stereocenters. The third-order valence-corrected chi connectivity index (χ3v) is 6.08. The van der Waals surface area contributed by atoms with E-state index < -0.39 is 5.97 Å². The van der Waals surface area contributed by atoms with E-state index in [0.717, 1.165) is 44.8 Å². The minimum absolute atomic E-state index is 0.288. The SMILES string of the molecule is Cc1c(C)n(-c2nc3c(c(NCc4ccccc4)n2)COCC3)c2cccc(C(=O)O)c12. The monoisotopic (exact) mass is 428 g/mol. The Morgan fingerprint density at radius 1 is 1.12 bits per heavy atom. The zero-order valence-corrected chi connectivity index (χ0v) is 18.1. The van der Waals surface area contributed by atoms with Crippen LogP contribution in [0.5, 0.6) is 0 Å². The predicted octanol–water partition coefficient (Wildman–Crippen LogP) is 4.42. The number of benzene rings is 2. The Kier molecular flexibility index (Phi) is 5.11. The number of ether oxygens (including phenoxy) is 1. The molecule has 7 heteroatoms. The molecule has 2 aromatic carbocycles. The first-order valence-corrected chi connectivity index (χ1v) is 10.6. The molecule has 0 saturated carbocycles. The van der Waals surface area contributed by atoms with Crippen molar-refractivity contribution in [1.29, 1.82) is 0 Å². The number of aromatic carboxylic acids is 1. The van der Waals surface area contributed by atoms with Gasteiger partial charge in [-0.3, -0.25) is 4.57 Å². The van der Waals surface area contributed by atoms with Gasteiger partial charge >= 0.3 is 5.97 Å². The average molecular weight is 428 g/mol. The molecule has 0 bridgehead atoms. The maximum absolute atomic E-state index is 11.8. The summed E-state index contributed by atoms with van der Waals surface area (Å²) in [5.74, 6) is 0.353. The number of fused-ring (bicyclic) bond motifs is 2. The van der Waals surface area contributed by atoms with Crippen LogP contribution in [0.25, 0.3) is 16.9 Å². The molecule has 1 aliphatic heterocycles. The quantitative estimate of drug-likeness (QED) is 0.489. The Hall–Kier alpha value is -3.71. The van der Waals surface area contributed by atoms with Gasteiger partial charge in [-0.2, -0.15) is 4.98 Å². The van der Waals surface area contributed by atoms with Gasteiger partial charge in [0.05, 0.1) is 30.0 Å². The van der Waals surface area contributed by atoms with Crippen LogP contribution < -0.4 is 5.32 Å². The molecular weight excluding hydrogens is 404 g/mol. The van der Waals surface area contributed by atoms with E-state index in [-0.39, 0.29) is 5.56 Å². The number of rotatable bonds is 5. The minimum atomic E-state index is -0.940. The summed E-state index contributed by atoms with van der Waals surface area (Å²) in [4.78, 5) is 21.6. The molecule has 0 spiro atoms. The second kappa shape index (κ2) is 8.09. The molecule has 0 radical (unpaired) electrons. The third-order valence-electron chi connectivity index (χ3n) is 6.08. The predicted molar refractivity (Wildman–Crippen MR) is 122 cm³/mol. The number of hydrogen-bond donors (Lipinski definition) is 2. The minimum Gasteiger partial charge on any atom is -0.478 e. The van der Waals surface area contributed by atoms with E-state index in [1.54, 1.807) is 12.1 Å². The van der Waals surface area contributed by atoms with Crippen molar-refractivity contribution in [2.24, 2.45) is 0 Å². The first-order valence-electron chi connectivity index (χ1n) is 10.6. The number of nitrogens with one attached hydrogen (secondary N) is 1. The van der Waals surface area contributed by atoms with E-state index in [1.165, 1.54) is 0 Å². The van der Waals surface area contributed by atoms with Crippen LogP contribution in [0.3, 0.4) is 0 Å². The van der Waals surface area contributed by atoms with Gasteiger partial charge in [0.1, 0.15) is 5.82 Å². The second-order valence-corrected chi connectivity index (χ2v) is 7.99. The lowest BCUT2D eigenvalue weighted by Gasteiger charge is -2.21. The van der Waals surface area contributed by atoms with Gasteiger partial charge in [0, 0.05) is 29.6 Å². The molecule has 4 aromatic rings. The summed E-state index contributed by atoms with van der Waals surface area (Å²) in [7, 11) is 0. The van der Waals surface area contributed by atoms with Gasteiger partial charge in [-0.05, 0) is 37.1 Å². The number of carboxylic acids is 1. The van der Waals surface area contributed by atoms with Gasteiger partial charge in [0.2, 0.25) is 5.95 Å². The highest BCUT2D eigenvalue weighted by Gasteiger charge is 2.23. The molecule has 162 valence electrons. The van der Waals surface area contributed by atoms with Crippen molar-refractivity contribution in [2.45, 2.75) is 33.4 Å². The van der Waals surface area contributed by atoms with Crippen LogP contribution in [0.15, 0.2) is 48.5 Å². The largest absolute Gasteiger partial charge is 0.478 e. The van der Waals surface area contributed by atoms with Crippen molar-refractivity contribution < 1.29 is 14.6 Å². The molecule has 32 heavy (non-hydrogen) atoms. The number of hydrogen-bond acceptors (Lipinski definition) is 5. The number of aryl methyl sites for hydroxylation is 1. The van der Waals surface area contributed by atoms with Gasteiger partial charge < -0.3 is 15.2 Å². The Bertz CT molecular complexity index is 1330. The lowest BCUT2D eigenvalue weighted by Crippen LogP contribution is -2.19. The van der Waals surface area contributed by atoms with E-state index in [4.69, 9.17) is 14.7 Å². The molecule has 0 fully saturated rings. The maximum Gasteiger partial charge on any atom is 0.336 e. The summed E-state index contributed by atoms with van der Waals surface area (Å²) in [5, 5.41) is 13.9. The summed E-state index contributed by atoms with van der Waals surface area (Å²) in [6.45, 7) is 5.65. The number of carbonyl (C=O) groups is 1.